The van der Waals surface area contributed by atoms with Crippen molar-refractivity contribution in [3.8, 4) is 11.5 Å². The summed E-state index contributed by atoms with van der Waals surface area (Å²) in [7, 11) is 1.47. The number of carbonyl (C=O) groups is 1. The van der Waals surface area contributed by atoms with Gasteiger partial charge in [0.15, 0.2) is 11.5 Å². The number of methoxy groups -OCH3 is 1. The molecule has 0 aliphatic rings. The third kappa shape index (κ3) is 4.33. The highest BCUT2D eigenvalue weighted by Gasteiger charge is 2.01. The normalized spacial score (nSPS) is 11.0. The molecule has 0 saturated carbocycles. The summed E-state index contributed by atoms with van der Waals surface area (Å²) in [4.78, 5) is 11.3. The van der Waals surface area contributed by atoms with Gasteiger partial charge in [0.1, 0.15) is 6.61 Å². The Morgan fingerprint density at radius 3 is 2.89 bits per heavy atom. The van der Waals surface area contributed by atoms with Crippen LogP contribution in [0.25, 0.3) is 6.08 Å². The third-order valence-electron chi connectivity index (χ3n) is 2.17. The fraction of sp³-hybridized carbons (Fsp3) is 0.214. The molecule has 4 heteroatoms. The molecule has 18 heavy (non-hydrogen) atoms. The second-order valence-electron chi connectivity index (χ2n) is 3.46. The highest BCUT2D eigenvalue weighted by molar-refractivity contribution is 5.87. The summed E-state index contributed by atoms with van der Waals surface area (Å²) >= 11 is 0. The van der Waals surface area contributed by atoms with Crippen LogP contribution in [0.15, 0.2) is 36.4 Å². The highest BCUT2D eigenvalue weighted by atomic mass is 16.5. The molecular formula is C14H16O4. The number of aromatic hydroxyl groups is 1. The van der Waals surface area contributed by atoms with Gasteiger partial charge >= 0.3 is 5.97 Å². The lowest BCUT2D eigenvalue weighted by Crippen LogP contribution is -1.99. The number of hydrogen-bond donors (Lipinski definition) is 1. The second kappa shape index (κ2) is 7.17. The zero-order chi connectivity index (χ0) is 13.4. The fourth-order valence-electron chi connectivity index (χ4n) is 1.24. The number of rotatable bonds is 5. The Labute approximate surface area is 106 Å². The van der Waals surface area contributed by atoms with Crippen LogP contribution < -0.4 is 4.74 Å². The highest BCUT2D eigenvalue weighted by Crippen LogP contribution is 2.26. The maximum absolute atomic E-state index is 11.3. The number of ether oxygens (including phenoxy) is 2. The number of esters is 1. The zero-order valence-electron chi connectivity index (χ0n) is 10.4. The van der Waals surface area contributed by atoms with Crippen LogP contribution in [0.3, 0.4) is 0 Å². The molecule has 1 aromatic carbocycles. The van der Waals surface area contributed by atoms with E-state index in [0.29, 0.717) is 5.75 Å². The second-order valence-corrected chi connectivity index (χ2v) is 3.46. The molecule has 0 heterocycles. The SMILES string of the molecule is C/C=C/COC(=O)/C=C/c1ccc(O)c(OC)c1. The molecule has 0 unspecified atom stereocenters. The predicted octanol–water partition coefficient (Wildman–Crippen LogP) is 2.53. The molecule has 4 nitrogen and oxygen atoms in total. The molecule has 1 aromatic rings. The Kier molecular flexibility index (Phi) is 5.51. The Morgan fingerprint density at radius 2 is 2.22 bits per heavy atom. The maximum Gasteiger partial charge on any atom is 0.331 e. The van der Waals surface area contributed by atoms with Crippen LogP contribution in [-0.2, 0) is 9.53 Å². The first kappa shape index (κ1) is 13.8. The van der Waals surface area contributed by atoms with Crippen LogP contribution in [0.4, 0.5) is 0 Å². The van der Waals surface area contributed by atoms with E-state index in [1.165, 1.54) is 19.3 Å². The standard InChI is InChI=1S/C14H16O4/c1-3-4-9-18-14(16)8-6-11-5-7-12(15)13(10-11)17-2/h3-8,10,15H,9H2,1-2H3/b4-3+,8-6+. The van der Waals surface area contributed by atoms with Crippen LogP contribution >= 0.6 is 0 Å². The van der Waals surface area contributed by atoms with E-state index in [9.17, 15) is 9.90 Å². The molecule has 0 aromatic heterocycles. The van der Waals surface area contributed by atoms with Gasteiger partial charge in [-0.3, -0.25) is 0 Å². The smallest absolute Gasteiger partial charge is 0.331 e. The first-order valence-electron chi connectivity index (χ1n) is 5.50. The molecular weight excluding hydrogens is 232 g/mol. The molecule has 1 N–H and O–H groups in total. The van der Waals surface area contributed by atoms with Gasteiger partial charge in [-0.2, -0.15) is 0 Å². The molecule has 96 valence electrons. The van der Waals surface area contributed by atoms with Crippen LogP contribution in [0.1, 0.15) is 12.5 Å². The minimum atomic E-state index is -0.417. The molecule has 0 radical (unpaired) electrons. The van der Waals surface area contributed by atoms with Crippen LogP contribution in [0.5, 0.6) is 11.5 Å². The fourth-order valence-corrected chi connectivity index (χ4v) is 1.24. The molecule has 0 spiro atoms. The van der Waals surface area contributed by atoms with E-state index in [1.54, 1.807) is 24.3 Å². The lowest BCUT2D eigenvalue weighted by atomic mass is 10.2. The summed E-state index contributed by atoms with van der Waals surface area (Å²) in [6.45, 7) is 2.12. The van der Waals surface area contributed by atoms with Crippen molar-refractivity contribution in [2.75, 3.05) is 13.7 Å². The molecule has 0 atom stereocenters. The average molecular weight is 248 g/mol. The summed E-state index contributed by atoms with van der Waals surface area (Å²) in [5.41, 5.74) is 0.743. The third-order valence-corrected chi connectivity index (χ3v) is 2.17. The van der Waals surface area contributed by atoms with E-state index < -0.39 is 5.97 Å². The molecule has 0 aliphatic carbocycles. The Balaban J connectivity index is 2.63. The molecule has 0 bridgehead atoms. The van der Waals surface area contributed by atoms with Crippen molar-refractivity contribution in [3.63, 3.8) is 0 Å². The first-order chi connectivity index (χ1) is 8.67. The molecule has 0 amide bonds. The Bertz CT molecular complexity index is 461. The summed E-state index contributed by atoms with van der Waals surface area (Å²) in [5.74, 6) is 0.00452. The van der Waals surface area contributed by atoms with E-state index in [0.717, 1.165) is 5.56 Å². The van der Waals surface area contributed by atoms with Crippen molar-refractivity contribution in [2.24, 2.45) is 0 Å². The predicted molar refractivity (Wildman–Crippen MR) is 69.5 cm³/mol. The van der Waals surface area contributed by atoms with Gasteiger partial charge < -0.3 is 14.6 Å². The van der Waals surface area contributed by atoms with E-state index in [1.807, 2.05) is 13.0 Å². The average Bonchev–Trinajstić information content (AvgIpc) is 2.38. The molecule has 0 aliphatic heterocycles. The summed E-state index contributed by atoms with van der Waals surface area (Å²) in [6.07, 6.45) is 6.48. The summed E-state index contributed by atoms with van der Waals surface area (Å²) < 4.78 is 9.85. The topological polar surface area (TPSA) is 55.8 Å². The lowest BCUT2D eigenvalue weighted by Gasteiger charge is -2.03. The maximum atomic E-state index is 11.3. The van der Waals surface area contributed by atoms with Gasteiger partial charge in [-0.1, -0.05) is 18.2 Å². The summed E-state index contributed by atoms with van der Waals surface area (Å²) in [5, 5.41) is 9.41. The monoisotopic (exact) mass is 248 g/mol. The Morgan fingerprint density at radius 1 is 1.44 bits per heavy atom. The van der Waals surface area contributed by atoms with Gasteiger partial charge in [0.25, 0.3) is 0 Å². The van der Waals surface area contributed by atoms with Gasteiger partial charge in [-0.25, -0.2) is 4.79 Å². The minimum absolute atomic E-state index is 0.0605. The number of carbonyl (C=O) groups excluding carboxylic acids is 1. The van der Waals surface area contributed by atoms with Crippen molar-refractivity contribution < 1.29 is 19.4 Å². The molecule has 0 saturated heterocycles. The van der Waals surface area contributed by atoms with Crippen molar-refractivity contribution in [3.05, 3.63) is 42.0 Å². The largest absolute Gasteiger partial charge is 0.504 e. The number of phenols is 1. The van der Waals surface area contributed by atoms with E-state index in [4.69, 9.17) is 9.47 Å². The van der Waals surface area contributed by atoms with E-state index in [-0.39, 0.29) is 12.4 Å². The Hall–Kier alpha value is -2.23. The van der Waals surface area contributed by atoms with Crippen LogP contribution in [0.2, 0.25) is 0 Å². The van der Waals surface area contributed by atoms with Crippen molar-refractivity contribution >= 4 is 12.0 Å². The number of phenolic OH excluding ortho intramolecular Hbond substituents is 1. The first-order valence-corrected chi connectivity index (χ1v) is 5.50. The van der Waals surface area contributed by atoms with Gasteiger partial charge in [-0.05, 0) is 30.7 Å². The van der Waals surface area contributed by atoms with E-state index >= 15 is 0 Å². The van der Waals surface area contributed by atoms with Gasteiger partial charge in [0.2, 0.25) is 0 Å². The molecule has 0 fully saturated rings. The van der Waals surface area contributed by atoms with Crippen molar-refractivity contribution in [2.45, 2.75) is 6.92 Å². The lowest BCUT2D eigenvalue weighted by molar-refractivity contribution is -0.136. The minimum Gasteiger partial charge on any atom is -0.504 e. The van der Waals surface area contributed by atoms with Crippen LogP contribution in [0, 0.1) is 0 Å². The van der Waals surface area contributed by atoms with Crippen molar-refractivity contribution in [1.82, 2.24) is 0 Å². The van der Waals surface area contributed by atoms with Gasteiger partial charge in [0.05, 0.1) is 7.11 Å². The molecule has 1 rings (SSSR count). The number of allylic oxidation sites excluding steroid dienone is 1. The van der Waals surface area contributed by atoms with E-state index in [2.05, 4.69) is 0 Å². The number of benzene rings is 1. The summed E-state index contributed by atoms with van der Waals surface area (Å²) in [6, 6.07) is 4.81. The van der Waals surface area contributed by atoms with Crippen LogP contribution in [-0.4, -0.2) is 24.8 Å². The van der Waals surface area contributed by atoms with Gasteiger partial charge in [0, 0.05) is 6.08 Å². The quantitative estimate of drug-likeness (QED) is 0.494. The van der Waals surface area contributed by atoms with Crippen molar-refractivity contribution in [1.29, 1.82) is 0 Å². The number of hydrogen-bond acceptors (Lipinski definition) is 4. The zero-order valence-corrected chi connectivity index (χ0v) is 10.4. The van der Waals surface area contributed by atoms with Gasteiger partial charge in [-0.15, -0.1) is 0 Å².